The number of rotatable bonds is 0. The minimum absolute atomic E-state index is 1.44. The van der Waals surface area contributed by atoms with Crippen LogP contribution in [0.2, 0.25) is 0 Å². The Morgan fingerprint density at radius 1 is 0.522 bits per heavy atom. The van der Waals surface area contributed by atoms with Crippen LogP contribution in [-0.2, 0) is 21.2 Å². The summed E-state index contributed by atoms with van der Waals surface area (Å²) in [5, 5.41) is 51.8. The number of thiocyanates is 6. The number of hydrogen-bond donors (Lipinski definition) is 8. The Morgan fingerprint density at radius 3 is 0.522 bits per heavy atom. The zero-order valence-electron chi connectivity index (χ0n) is 10.5. The molecule has 2 N–H and O–H groups in total. The first kappa shape index (κ1) is 43.1. The Labute approximate surface area is 168 Å². The van der Waals surface area contributed by atoms with E-state index in [-0.39, 0.29) is 0 Å². The first-order valence-corrected chi connectivity index (χ1v) is 8.25. The van der Waals surface area contributed by atoms with Crippen LogP contribution in [0.1, 0.15) is 0 Å². The minimum atomic E-state index is -5.25. The van der Waals surface area contributed by atoms with Crippen LogP contribution in [0.25, 0.3) is 0 Å². The Bertz CT molecular complexity index is 444. The van der Waals surface area contributed by atoms with Gasteiger partial charge < -0.3 is 0 Å². The second-order valence-electron chi connectivity index (χ2n) is 1.05. The van der Waals surface area contributed by atoms with Gasteiger partial charge in [0.1, 0.15) is 32.4 Å². The first-order chi connectivity index (χ1) is 10.5. The molecule has 0 aromatic carbocycles. The monoisotopic (exact) mass is 472 g/mol. The predicted molar refractivity (Wildman–Crippen MR) is 93.4 cm³/mol. The molecule has 0 saturated carbocycles. The SMILES string of the molecule is N#CS.N#CS.N#CS.N#CS.N#CS.N#CS.[O]=[Cr](=[O])([OH])[OH]. The summed E-state index contributed by atoms with van der Waals surface area (Å²) in [4.78, 5) is 0. The molecule has 0 aromatic heterocycles. The molecule has 0 radical (unpaired) electrons. The summed E-state index contributed by atoms with van der Waals surface area (Å²) >= 11 is 13.3. The van der Waals surface area contributed by atoms with E-state index in [9.17, 15) is 0 Å². The van der Waals surface area contributed by atoms with Crippen LogP contribution in [0.5, 0.6) is 0 Å². The van der Waals surface area contributed by atoms with Gasteiger partial charge in [-0.05, 0) is 0 Å². The number of hydrogen-bond acceptors (Lipinski definition) is 14. The summed E-state index contributed by atoms with van der Waals surface area (Å²) in [6.07, 6.45) is 0. The molecule has 0 aliphatic carbocycles. The molecule has 23 heavy (non-hydrogen) atoms. The third-order valence-electron chi connectivity index (χ3n) is 0. The van der Waals surface area contributed by atoms with Gasteiger partial charge in [0.2, 0.25) is 0 Å². The summed E-state index contributed by atoms with van der Waals surface area (Å²) in [6.45, 7) is 0. The van der Waals surface area contributed by atoms with E-state index < -0.39 is 13.6 Å². The van der Waals surface area contributed by atoms with Crippen molar-refractivity contribution >= 4 is 75.8 Å². The van der Waals surface area contributed by atoms with Crippen molar-refractivity contribution in [1.29, 1.82) is 31.6 Å². The normalized spacial score (nSPS) is 4.61. The summed E-state index contributed by atoms with van der Waals surface area (Å²) in [7, 11) is 0. The van der Waals surface area contributed by atoms with E-state index in [4.69, 9.17) is 47.5 Å². The van der Waals surface area contributed by atoms with Gasteiger partial charge in [-0.3, -0.25) is 0 Å². The second kappa shape index (κ2) is 69.2. The van der Waals surface area contributed by atoms with Crippen molar-refractivity contribution < 1.29 is 29.5 Å². The van der Waals surface area contributed by atoms with Gasteiger partial charge in [0, 0.05) is 0 Å². The fourth-order valence-corrected chi connectivity index (χ4v) is 0. The molecule has 0 aliphatic rings. The molecule has 128 valence electrons. The first-order valence-electron chi connectivity index (χ1n) is 3.38. The summed E-state index contributed by atoms with van der Waals surface area (Å²) in [5.41, 5.74) is 0. The summed E-state index contributed by atoms with van der Waals surface area (Å²) in [6, 6.07) is 0. The van der Waals surface area contributed by atoms with E-state index in [1.54, 1.807) is 0 Å². The van der Waals surface area contributed by atoms with Crippen LogP contribution in [0, 0.1) is 64.0 Å². The van der Waals surface area contributed by atoms with E-state index >= 15 is 0 Å². The molecule has 17 heteroatoms. The van der Waals surface area contributed by atoms with Gasteiger partial charge in [-0.2, -0.15) is 31.6 Å². The number of nitrogens with zero attached hydrogens (tertiary/aromatic N) is 6. The topological polar surface area (TPSA) is 217 Å². The van der Waals surface area contributed by atoms with Gasteiger partial charge in [-0.1, -0.05) is 75.8 Å². The molecule has 0 saturated heterocycles. The van der Waals surface area contributed by atoms with Crippen LogP contribution >= 0.6 is 75.8 Å². The van der Waals surface area contributed by atoms with Gasteiger partial charge in [0.05, 0.1) is 0 Å². The predicted octanol–water partition coefficient (Wildman–Crippen LogP) is 1.03. The van der Waals surface area contributed by atoms with Crippen LogP contribution in [-0.4, -0.2) is 8.32 Å². The van der Waals surface area contributed by atoms with Crippen molar-refractivity contribution in [3.63, 3.8) is 0 Å². The second-order valence-corrected chi connectivity index (χ2v) is 3.65. The average molecular weight is 473 g/mol. The maximum absolute atomic E-state index is 8.82. The van der Waals surface area contributed by atoms with Gasteiger partial charge in [0.25, 0.3) is 0 Å². The van der Waals surface area contributed by atoms with Crippen molar-refractivity contribution in [1.82, 2.24) is 0 Å². The van der Waals surface area contributed by atoms with Crippen molar-refractivity contribution in [2.24, 2.45) is 0 Å². The average Bonchev–Trinajstić information content (AvgIpc) is 2.31. The Kier molecular flexibility index (Phi) is 130. The van der Waals surface area contributed by atoms with Gasteiger partial charge in [-0.15, -0.1) is 0 Å². The van der Waals surface area contributed by atoms with E-state index in [0.717, 1.165) is 0 Å². The zero-order valence-corrected chi connectivity index (χ0v) is 17.1. The molecular formula is C6H8CrN6O4S6. The molecule has 0 unspecified atom stereocenters. The fraction of sp³-hybridized carbons (Fsp3) is 0. The third-order valence-corrected chi connectivity index (χ3v) is 0. The standard InChI is InChI=1S/6CHNS.Cr.2H2O.2O/c6*2-1-3;;;;;/h6*3H;;2*1H2;;/q;;;;;;+2;;;;/p-2. The molecule has 0 heterocycles. The molecule has 0 aromatic rings. The van der Waals surface area contributed by atoms with E-state index in [1.165, 1.54) is 32.4 Å². The Hall–Kier alpha value is -0.908. The molecule has 0 atom stereocenters. The Balaban J connectivity index is -0.0000000263. The quantitative estimate of drug-likeness (QED) is 0.185. The maximum atomic E-state index is 8.82. The zero-order chi connectivity index (χ0) is 20.7. The molecule has 0 bridgehead atoms. The van der Waals surface area contributed by atoms with Gasteiger partial charge >= 0.3 is 29.5 Å². The number of nitriles is 6. The molecule has 0 amide bonds. The summed E-state index contributed by atoms with van der Waals surface area (Å²) < 4.78 is 31.9. The fourth-order valence-electron chi connectivity index (χ4n) is 0. The molecule has 0 fully saturated rings. The van der Waals surface area contributed by atoms with Gasteiger partial charge in [0.15, 0.2) is 0 Å². The number of thiol groups is 6. The van der Waals surface area contributed by atoms with E-state index in [2.05, 4.69) is 75.8 Å². The molecule has 10 nitrogen and oxygen atoms in total. The van der Waals surface area contributed by atoms with E-state index in [0.29, 0.717) is 0 Å². The molecular weight excluding hydrogens is 465 g/mol. The molecule has 0 aliphatic heterocycles. The van der Waals surface area contributed by atoms with Crippen LogP contribution in [0.15, 0.2) is 0 Å². The summed E-state index contributed by atoms with van der Waals surface area (Å²) in [5.74, 6) is 0. The van der Waals surface area contributed by atoms with Crippen LogP contribution in [0.3, 0.4) is 0 Å². The van der Waals surface area contributed by atoms with Crippen molar-refractivity contribution in [3.8, 4) is 32.4 Å². The van der Waals surface area contributed by atoms with Crippen molar-refractivity contribution in [2.45, 2.75) is 0 Å². The van der Waals surface area contributed by atoms with Crippen LogP contribution < -0.4 is 0 Å². The molecule has 0 spiro atoms. The van der Waals surface area contributed by atoms with Crippen LogP contribution in [0.4, 0.5) is 0 Å². The van der Waals surface area contributed by atoms with Gasteiger partial charge in [-0.25, -0.2) is 0 Å². The van der Waals surface area contributed by atoms with Crippen molar-refractivity contribution in [3.05, 3.63) is 0 Å². The molecule has 0 rings (SSSR count). The van der Waals surface area contributed by atoms with E-state index in [1.807, 2.05) is 0 Å². The third kappa shape index (κ3) is 9340. The van der Waals surface area contributed by atoms with Crippen molar-refractivity contribution in [2.75, 3.05) is 0 Å². The Morgan fingerprint density at radius 2 is 0.522 bits per heavy atom.